The summed E-state index contributed by atoms with van der Waals surface area (Å²) in [5.74, 6) is -0.633. The van der Waals surface area contributed by atoms with Gasteiger partial charge in [0.25, 0.3) is 0 Å². The van der Waals surface area contributed by atoms with Gasteiger partial charge in [0.2, 0.25) is 5.75 Å². The molecule has 0 aliphatic carbocycles. The molecule has 0 spiro atoms. The maximum Gasteiger partial charge on any atom is 0.416 e. The van der Waals surface area contributed by atoms with Crippen LogP contribution < -0.4 is 9.47 Å². The van der Waals surface area contributed by atoms with Crippen molar-refractivity contribution in [3.63, 3.8) is 0 Å². The summed E-state index contributed by atoms with van der Waals surface area (Å²) in [6, 6.07) is 11.3. The van der Waals surface area contributed by atoms with E-state index in [-0.39, 0.29) is 27.1 Å². The standard InChI is InChI=1S/C23H12Cl3F3N2O4/c1-34-21-8-12(6-13(11-30)16-4-3-15(24)10-17(16)25)7-18(26)22(21)35-20-5-2-14(23(27,28)29)9-19(20)31(32)33/h2-10H,1H3/b13-6+. The number of rotatable bonds is 6. The van der Waals surface area contributed by atoms with Crippen LogP contribution in [0.4, 0.5) is 18.9 Å². The molecule has 0 amide bonds. The van der Waals surface area contributed by atoms with E-state index in [1.807, 2.05) is 6.07 Å². The second-order valence-electron chi connectivity index (χ2n) is 6.87. The predicted octanol–water partition coefficient (Wildman–Crippen LogP) is 8.44. The van der Waals surface area contributed by atoms with Crippen LogP contribution in [-0.2, 0) is 6.18 Å². The van der Waals surface area contributed by atoms with Crippen molar-refractivity contribution in [3.05, 3.63) is 90.4 Å². The minimum atomic E-state index is -4.78. The third-order valence-electron chi connectivity index (χ3n) is 4.60. The number of nitriles is 1. The van der Waals surface area contributed by atoms with E-state index in [0.717, 1.165) is 6.07 Å². The number of nitro groups is 1. The Hall–Kier alpha value is -3.45. The number of nitro benzene ring substituents is 1. The summed E-state index contributed by atoms with van der Waals surface area (Å²) < 4.78 is 49.7. The zero-order valence-electron chi connectivity index (χ0n) is 17.5. The maximum atomic E-state index is 13.0. The van der Waals surface area contributed by atoms with Crippen LogP contribution in [0, 0.1) is 21.4 Å². The van der Waals surface area contributed by atoms with Gasteiger partial charge in [0.05, 0.1) is 39.3 Å². The van der Waals surface area contributed by atoms with Gasteiger partial charge in [0.15, 0.2) is 11.5 Å². The number of hydrogen-bond acceptors (Lipinski definition) is 5. The molecule has 0 aliphatic heterocycles. The average molecular weight is 544 g/mol. The molecule has 12 heteroatoms. The highest BCUT2D eigenvalue weighted by atomic mass is 35.5. The molecule has 0 aliphatic rings. The number of halogens is 6. The van der Waals surface area contributed by atoms with Gasteiger partial charge < -0.3 is 9.47 Å². The first-order chi connectivity index (χ1) is 16.4. The number of hydrogen-bond donors (Lipinski definition) is 0. The molecule has 0 N–H and O–H groups in total. The zero-order valence-corrected chi connectivity index (χ0v) is 19.8. The van der Waals surface area contributed by atoms with Crippen molar-refractivity contribution in [3.8, 4) is 23.3 Å². The Bertz CT molecular complexity index is 1390. The fourth-order valence-corrected chi connectivity index (χ4v) is 3.77. The van der Waals surface area contributed by atoms with Crippen LogP contribution in [0.25, 0.3) is 11.6 Å². The van der Waals surface area contributed by atoms with Crippen molar-refractivity contribution < 1.29 is 27.6 Å². The highest BCUT2D eigenvalue weighted by Gasteiger charge is 2.33. The number of methoxy groups -OCH3 is 1. The molecule has 0 radical (unpaired) electrons. The first-order valence-corrected chi connectivity index (χ1v) is 10.6. The Morgan fingerprint density at radius 2 is 1.77 bits per heavy atom. The van der Waals surface area contributed by atoms with E-state index in [1.165, 1.54) is 31.4 Å². The van der Waals surface area contributed by atoms with Gasteiger partial charge in [-0.3, -0.25) is 10.1 Å². The molecule has 3 rings (SSSR count). The number of allylic oxidation sites excluding steroid dienone is 1. The Labute approximate surface area is 211 Å². The van der Waals surface area contributed by atoms with E-state index >= 15 is 0 Å². The first kappa shape index (κ1) is 26.2. The van der Waals surface area contributed by atoms with E-state index in [2.05, 4.69) is 0 Å². The Kier molecular flexibility index (Phi) is 7.80. The van der Waals surface area contributed by atoms with E-state index in [4.69, 9.17) is 44.3 Å². The summed E-state index contributed by atoms with van der Waals surface area (Å²) in [4.78, 5) is 10.4. The van der Waals surface area contributed by atoms with Gasteiger partial charge in [0, 0.05) is 16.7 Å². The minimum absolute atomic E-state index is 0.0115. The van der Waals surface area contributed by atoms with Gasteiger partial charge >= 0.3 is 11.9 Å². The van der Waals surface area contributed by atoms with E-state index in [9.17, 15) is 28.5 Å². The quantitative estimate of drug-likeness (QED) is 0.135. The SMILES string of the molecule is COc1cc(/C=C(\C#N)c2ccc(Cl)cc2Cl)cc(Cl)c1Oc1ccc(C(F)(F)F)cc1[N+](=O)[O-]. The third-order valence-corrected chi connectivity index (χ3v) is 5.43. The van der Waals surface area contributed by atoms with Gasteiger partial charge in [-0.1, -0.05) is 40.9 Å². The Morgan fingerprint density at radius 1 is 1.06 bits per heavy atom. The molecule has 180 valence electrons. The fraction of sp³-hybridized carbons (Fsp3) is 0.0870. The van der Waals surface area contributed by atoms with Gasteiger partial charge in [-0.2, -0.15) is 18.4 Å². The zero-order chi connectivity index (χ0) is 25.9. The highest BCUT2D eigenvalue weighted by molar-refractivity contribution is 6.36. The molecular formula is C23H12Cl3F3N2O4. The van der Waals surface area contributed by atoms with Crippen molar-refractivity contribution >= 4 is 52.1 Å². The van der Waals surface area contributed by atoms with Crippen molar-refractivity contribution in [2.45, 2.75) is 6.18 Å². The van der Waals surface area contributed by atoms with Gasteiger partial charge in [-0.25, -0.2) is 0 Å². The number of nitrogens with zero attached hydrogens (tertiary/aromatic N) is 2. The molecule has 35 heavy (non-hydrogen) atoms. The maximum absolute atomic E-state index is 13.0. The predicted molar refractivity (Wildman–Crippen MR) is 126 cm³/mol. The average Bonchev–Trinajstić information content (AvgIpc) is 2.78. The summed E-state index contributed by atoms with van der Waals surface area (Å²) in [7, 11) is 1.27. The van der Waals surface area contributed by atoms with Crippen LogP contribution in [0.1, 0.15) is 16.7 Å². The molecule has 6 nitrogen and oxygen atoms in total. The van der Waals surface area contributed by atoms with Crippen LogP contribution >= 0.6 is 34.8 Å². The molecular weight excluding hydrogens is 532 g/mol. The highest BCUT2D eigenvalue weighted by Crippen LogP contribution is 2.44. The van der Waals surface area contributed by atoms with E-state index in [1.54, 1.807) is 12.1 Å². The second kappa shape index (κ2) is 10.4. The van der Waals surface area contributed by atoms with Crippen LogP contribution in [0.5, 0.6) is 17.2 Å². The number of ether oxygens (including phenoxy) is 2. The van der Waals surface area contributed by atoms with Crippen molar-refractivity contribution in [2.24, 2.45) is 0 Å². The monoisotopic (exact) mass is 542 g/mol. The third kappa shape index (κ3) is 5.98. The molecule has 0 bridgehead atoms. The summed E-state index contributed by atoms with van der Waals surface area (Å²) in [6.45, 7) is 0. The molecule has 0 atom stereocenters. The van der Waals surface area contributed by atoms with Crippen molar-refractivity contribution in [1.29, 1.82) is 5.26 Å². The number of alkyl halides is 3. The van der Waals surface area contributed by atoms with Crippen molar-refractivity contribution in [1.82, 2.24) is 0 Å². The van der Waals surface area contributed by atoms with Gasteiger partial charge in [-0.15, -0.1) is 0 Å². The molecule has 0 aromatic heterocycles. The normalized spacial score (nSPS) is 11.7. The Balaban J connectivity index is 2.05. The number of benzene rings is 3. The van der Waals surface area contributed by atoms with E-state index in [0.29, 0.717) is 28.3 Å². The minimum Gasteiger partial charge on any atom is -0.493 e. The second-order valence-corrected chi connectivity index (χ2v) is 8.12. The topological polar surface area (TPSA) is 85.4 Å². The molecule has 3 aromatic carbocycles. The lowest BCUT2D eigenvalue weighted by Crippen LogP contribution is -2.06. The smallest absolute Gasteiger partial charge is 0.416 e. The molecule has 0 fully saturated rings. The lowest BCUT2D eigenvalue weighted by Gasteiger charge is -2.14. The van der Waals surface area contributed by atoms with Crippen LogP contribution in [-0.4, -0.2) is 12.0 Å². The molecule has 0 heterocycles. The lowest BCUT2D eigenvalue weighted by molar-refractivity contribution is -0.385. The largest absolute Gasteiger partial charge is 0.493 e. The molecule has 0 saturated heterocycles. The summed E-state index contributed by atoms with van der Waals surface area (Å²) >= 11 is 18.4. The Morgan fingerprint density at radius 3 is 2.34 bits per heavy atom. The first-order valence-electron chi connectivity index (χ1n) is 9.42. The molecule has 0 saturated carbocycles. The van der Waals surface area contributed by atoms with E-state index < -0.39 is 28.1 Å². The van der Waals surface area contributed by atoms with Gasteiger partial charge in [0.1, 0.15) is 0 Å². The lowest BCUT2D eigenvalue weighted by atomic mass is 10.0. The summed E-state index contributed by atoms with van der Waals surface area (Å²) in [5.41, 5.74) is -1.14. The van der Waals surface area contributed by atoms with Crippen LogP contribution in [0.15, 0.2) is 48.5 Å². The fourth-order valence-electron chi connectivity index (χ4n) is 3.00. The van der Waals surface area contributed by atoms with Crippen LogP contribution in [0.2, 0.25) is 15.1 Å². The summed E-state index contributed by atoms with van der Waals surface area (Å²) in [6.07, 6.45) is -3.31. The molecule has 3 aromatic rings. The van der Waals surface area contributed by atoms with Gasteiger partial charge in [-0.05, 0) is 48.0 Å². The molecule has 0 unspecified atom stereocenters. The van der Waals surface area contributed by atoms with Crippen LogP contribution in [0.3, 0.4) is 0 Å². The summed E-state index contributed by atoms with van der Waals surface area (Å²) in [5, 5.41) is 21.5. The van der Waals surface area contributed by atoms with Crippen molar-refractivity contribution in [2.75, 3.05) is 7.11 Å².